The normalized spacial score (nSPS) is 24.3. The van der Waals surface area contributed by atoms with Gasteiger partial charge in [-0.3, -0.25) is 8.75 Å². The second kappa shape index (κ2) is 8.02. The molecular weight excluding hydrogens is 459 g/mol. The highest BCUT2D eigenvalue weighted by Gasteiger charge is 2.45. The zero-order chi connectivity index (χ0) is 23.3. The van der Waals surface area contributed by atoms with Crippen LogP contribution in [0.1, 0.15) is 11.8 Å². The number of aromatic nitrogens is 4. The van der Waals surface area contributed by atoms with Crippen LogP contribution >= 0.6 is 0 Å². The van der Waals surface area contributed by atoms with Gasteiger partial charge in [-0.25, -0.2) is 20.1 Å². The summed E-state index contributed by atoms with van der Waals surface area (Å²) < 4.78 is 73.4. The van der Waals surface area contributed by atoms with Crippen LogP contribution in [-0.2, 0) is 25.4 Å². The van der Waals surface area contributed by atoms with Gasteiger partial charge in [-0.2, -0.15) is 21.6 Å². The number of alkyl halides is 3. The fraction of sp³-hybridized carbons (Fsp3) is 0.353. The highest BCUT2D eigenvalue weighted by Crippen LogP contribution is 2.39. The van der Waals surface area contributed by atoms with E-state index in [1.54, 1.807) is 0 Å². The molecule has 1 aliphatic rings. The second-order valence-corrected chi connectivity index (χ2v) is 8.13. The van der Waals surface area contributed by atoms with Gasteiger partial charge in [0.1, 0.15) is 35.8 Å². The summed E-state index contributed by atoms with van der Waals surface area (Å²) in [6, 6.07) is 4.83. The summed E-state index contributed by atoms with van der Waals surface area (Å²) in [6.07, 6.45) is -8.11. The van der Waals surface area contributed by atoms with Crippen LogP contribution in [0, 0.1) is 0 Å². The molecule has 32 heavy (non-hydrogen) atoms. The van der Waals surface area contributed by atoms with E-state index < -0.39 is 53.2 Å². The number of nitrogens with two attached hydrogens (primary N) is 1. The summed E-state index contributed by atoms with van der Waals surface area (Å²) in [5.74, 6) is 0. The van der Waals surface area contributed by atoms with Gasteiger partial charge in [-0.1, -0.05) is 18.2 Å². The molecule has 4 N–H and O–H groups in total. The molecule has 1 aliphatic heterocycles. The molecule has 1 aromatic carbocycles. The molecule has 0 radical (unpaired) electrons. The Morgan fingerprint density at radius 2 is 1.88 bits per heavy atom. The Hall–Kier alpha value is -2.69. The van der Waals surface area contributed by atoms with Crippen molar-refractivity contribution in [3.05, 3.63) is 42.5 Å². The molecule has 1 saturated heterocycles. The van der Waals surface area contributed by atoms with Crippen LogP contribution in [0.3, 0.4) is 0 Å². The van der Waals surface area contributed by atoms with Crippen LogP contribution in [0.4, 0.5) is 13.2 Å². The Balaban J connectivity index is 1.72. The summed E-state index contributed by atoms with van der Waals surface area (Å²) in [4.78, 5) is 12.1. The van der Waals surface area contributed by atoms with E-state index >= 15 is 0 Å². The Bertz CT molecular complexity index is 1250. The molecule has 0 amide bonds. The van der Waals surface area contributed by atoms with Crippen molar-refractivity contribution in [2.75, 3.05) is 6.61 Å². The predicted octanol–water partition coefficient (Wildman–Crippen LogP) is 0.351. The van der Waals surface area contributed by atoms with Crippen molar-refractivity contribution in [3.8, 4) is 11.3 Å². The predicted molar refractivity (Wildman–Crippen MR) is 101 cm³/mol. The Labute approximate surface area is 178 Å². The number of hydrogen-bond acceptors (Lipinski definition) is 9. The van der Waals surface area contributed by atoms with Gasteiger partial charge in [0, 0.05) is 5.56 Å². The molecule has 2 aromatic heterocycles. The number of aliphatic hydroxyl groups excluding tert-OH is 2. The van der Waals surface area contributed by atoms with Crippen molar-refractivity contribution in [2.45, 2.75) is 30.7 Å². The van der Waals surface area contributed by atoms with Crippen LogP contribution < -0.4 is 5.14 Å². The average molecular weight is 475 g/mol. The summed E-state index contributed by atoms with van der Waals surface area (Å²) in [6.45, 7) is -0.667. The number of nitrogens with zero attached hydrogens (tertiary/aromatic N) is 4. The Morgan fingerprint density at radius 3 is 2.56 bits per heavy atom. The monoisotopic (exact) mass is 475 g/mol. The lowest BCUT2D eigenvalue weighted by Gasteiger charge is -2.17. The van der Waals surface area contributed by atoms with E-state index in [0.717, 1.165) is 18.7 Å². The molecule has 4 atom stereocenters. The van der Waals surface area contributed by atoms with E-state index in [1.807, 2.05) is 0 Å². The van der Waals surface area contributed by atoms with Gasteiger partial charge in [0.2, 0.25) is 0 Å². The first-order valence-electron chi connectivity index (χ1n) is 9.00. The molecule has 0 saturated carbocycles. The van der Waals surface area contributed by atoms with Gasteiger partial charge in [0.05, 0.1) is 18.5 Å². The number of rotatable bonds is 5. The summed E-state index contributed by atoms with van der Waals surface area (Å²) in [7, 11) is -4.32. The molecule has 0 spiro atoms. The first-order chi connectivity index (χ1) is 15.0. The van der Waals surface area contributed by atoms with Gasteiger partial charge in [-0.05, 0) is 6.07 Å². The number of benzene rings is 1. The van der Waals surface area contributed by atoms with Crippen molar-refractivity contribution in [1.82, 2.24) is 19.5 Å². The zero-order valence-corrected chi connectivity index (χ0v) is 16.7. The van der Waals surface area contributed by atoms with Gasteiger partial charge in [0.25, 0.3) is 0 Å². The van der Waals surface area contributed by atoms with Crippen molar-refractivity contribution in [3.63, 3.8) is 0 Å². The number of hydrogen-bond donors (Lipinski definition) is 3. The van der Waals surface area contributed by atoms with Gasteiger partial charge in [-0.15, -0.1) is 0 Å². The molecule has 3 aromatic rings. The van der Waals surface area contributed by atoms with Crippen LogP contribution in [0.25, 0.3) is 22.4 Å². The SMILES string of the molecule is NS(=O)(=O)OC[C@H]1O[C@@H](n2cnc3c(-c4ccccc4C(F)(F)F)ncnc32)[C@H](O)[C@@H]1O. The van der Waals surface area contributed by atoms with Crippen LogP contribution in [0.15, 0.2) is 36.9 Å². The minimum absolute atomic E-state index is 0.00118. The standard InChI is InChI=1S/C17H16F3N5O6S/c18-17(19,20)9-4-2-1-3-8(9)11-12-15(23-6-22-11)25(7-24-12)16-14(27)13(26)10(31-16)5-30-32(21,28)29/h1-4,6-7,10,13-14,16,26-27H,5H2,(H2,21,28,29)/t10-,13-,14-,16-/m1/s1. The lowest BCUT2D eigenvalue weighted by atomic mass is 10.0. The van der Waals surface area contributed by atoms with Gasteiger partial charge < -0.3 is 14.9 Å². The maximum Gasteiger partial charge on any atom is 0.417 e. The fourth-order valence-electron chi connectivity index (χ4n) is 3.43. The average Bonchev–Trinajstić information content (AvgIpc) is 3.27. The number of halogens is 3. The maximum atomic E-state index is 13.5. The van der Waals surface area contributed by atoms with Crippen LogP contribution in [-0.4, -0.2) is 63.1 Å². The smallest absolute Gasteiger partial charge is 0.387 e. The molecule has 0 aliphatic carbocycles. The van der Waals surface area contributed by atoms with E-state index in [0.29, 0.717) is 0 Å². The number of aliphatic hydroxyl groups is 2. The molecule has 15 heteroatoms. The van der Waals surface area contributed by atoms with Gasteiger partial charge >= 0.3 is 16.5 Å². The fourth-order valence-corrected chi connectivity index (χ4v) is 3.75. The molecule has 172 valence electrons. The lowest BCUT2D eigenvalue weighted by molar-refractivity contribution is -0.137. The summed E-state index contributed by atoms with van der Waals surface area (Å²) >= 11 is 0. The van der Waals surface area contributed by atoms with E-state index in [4.69, 9.17) is 9.88 Å². The Morgan fingerprint density at radius 1 is 1.16 bits per heavy atom. The molecular formula is C17H16F3N5O6S. The van der Waals surface area contributed by atoms with E-state index in [-0.39, 0.29) is 22.4 Å². The van der Waals surface area contributed by atoms with Crippen molar-refractivity contribution in [1.29, 1.82) is 0 Å². The number of imidazole rings is 1. The first-order valence-corrected chi connectivity index (χ1v) is 10.5. The highest BCUT2D eigenvalue weighted by atomic mass is 32.2. The van der Waals surface area contributed by atoms with Crippen LogP contribution in [0.2, 0.25) is 0 Å². The molecule has 11 nitrogen and oxygen atoms in total. The third-order valence-corrected chi connectivity index (χ3v) is 5.32. The minimum atomic E-state index is -4.64. The second-order valence-electron chi connectivity index (χ2n) is 6.91. The quantitative estimate of drug-likeness (QED) is 0.473. The van der Waals surface area contributed by atoms with E-state index in [2.05, 4.69) is 19.1 Å². The molecule has 1 fully saturated rings. The maximum absolute atomic E-state index is 13.5. The third-order valence-electron chi connectivity index (χ3n) is 4.85. The highest BCUT2D eigenvalue weighted by molar-refractivity contribution is 7.84. The van der Waals surface area contributed by atoms with Crippen molar-refractivity contribution in [2.24, 2.45) is 5.14 Å². The van der Waals surface area contributed by atoms with Crippen LogP contribution in [0.5, 0.6) is 0 Å². The van der Waals surface area contributed by atoms with E-state index in [9.17, 15) is 31.8 Å². The minimum Gasteiger partial charge on any atom is -0.387 e. The Kier molecular flexibility index (Phi) is 5.64. The topological polar surface area (TPSA) is 163 Å². The first kappa shape index (κ1) is 22.5. The third kappa shape index (κ3) is 4.17. The van der Waals surface area contributed by atoms with Crippen molar-refractivity contribution < 1.29 is 40.7 Å². The lowest BCUT2D eigenvalue weighted by Crippen LogP contribution is -2.35. The number of fused-ring (bicyclic) bond motifs is 1. The molecule has 0 bridgehead atoms. The summed E-state index contributed by atoms with van der Waals surface area (Å²) in [5.41, 5.74) is -1.20. The number of ether oxygens (including phenoxy) is 1. The van der Waals surface area contributed by atoms with E-state index in [1.165, 1.54) is 22.8 Å². The van der Waals surface area contributed by atoms with Crippen molar-refractivity contribution >= 4 is 21.5 Å². The summed E-state index contributed by atoms with van der Waals surface area (Å²) in [5, 5.41) is 25.3. The molecule has 0 unspecified atom stereocenters. The largest absolute Gasteiger partial charge is 0.417 e. The molecule has 4 rings (SSSR count). The zero-order valence-electron chi connectivity index (χ0n) is 15.9. The van der Waals surface area contributed by atoms with Gasteiger partial charge in [0.15, 0.2) is 11.9 Å². The molecule has 3 heterocycles.